The SMILES string of the molecule is CCCCCCCCCCOc1cc(C(=O)Oc2ccc(C(=O)Oc3ccc(-c4ccc(C#N)cc4)cc3)cc2)cc(OCCCCCCCCCC)c1OCCCCCCCCCC. The molecule has 0 amide bonds. The highest BCUT2D eigenvalue weighted by Gasteiger charge is 2.21. The zero-order chi connectivity index (χ0) is 46.2. The molecule has 65 heavy (non-hydrogen) atoms. The van der Waals surface area contributed by atoms with Gasteiger partial charge >= 0.3 is 11.9 Å². The molecule has 8 nitrogen and oxygen atoms in total. The molecule has 0 aromatic heterocycles. The number of esters is 2. The van der Waals surface area contributed by atoms with Gasteiger partial charge in [0.05, 0.1) is 42.6 Å². The van der Waals surface area contributed by atoms with E-state index in [0.29, 0.717) is 59.5 Å². The summed E-state index contributed by atoms with van der Waals surface area (Å²) < 4.78 is 30.9. The van der Waals surface area contributed by atoms with E-state index >= 15 is 0 Å². The first-order valence-corrected chi connectivity index (χ1v) is 25.2. The van der Waals surface area contributed by atoms with Gasteiger partial charge in [0.15, 0.2) is 11.5 Å². The predicted molar refractivity (Wildman–Crippen MR) is 264 cm³/mol. The van der Waals surface area contributed by atoms with Gasteiger partial charge in [0.25, 0.3) is 0 Å². The molecule has 4 aromatic rings. The molecule has 0 atom stereocenters. The van der Waals surface area contributed by atoms with Crippen LogP contribution in [-0.2, 0) is 0 Å². The second-order valence-electron chi connectivity index (χ2n) is 17.3. The van der Waals surface area contributed by atoms with E-state index in [1.165, 1.54) is 116 Å². The van der Waals surface area contributed by atoms with Crippen molar-refractivity contribution in [2.45, 2.75) is 175 Å². The molecular formula is C57H77NO7. The average molecular weight is 888 g/mol. The van der Waals surface area contributed by atoms with Crippen LogP contribution in [0.3, 0.4) is 0 Å². The summed E-state index contributed by atoms with van der Waals surface area (Å²) in [6.07, 6.45) is 28.7. The second-order valence-corrected chi connectivity index (χ2v) is 17.3. The van der Waals surface area contributed by atoms with Gasteiger partial charge in [-0.2, -0.15) is 5.26 Å². The number of hydrogen-bond acceptors (Lipinski definition) is 8. The van der Waals surface area contributed by atoms with Crippen LogP contribution in [-0.4, -0.2) is 31.8 Å². The van der Waals surface area contributed by atoms with Crippen LogP contribution in [0.2, 0.25) is 0 Å². The van der Waals surface area contributed by atoms with Crippen molar-refractivity contribution in [1.82, 2.24) is 0 Å². The highest BCUT2D eigenvalue weighted by atomic mass is 16.5. The molecule has 0 saturated carbocycles. The van der Waals surface area contributed by atoms with E-state index in [4.69, 9.17) is 28.9 Å². The van der Waals surface area contributed by atoms with E-state index in [1.807, 2.05) is 24.3 Å². The van der Waals surface area contributed by atoms with Gasteiger partial charge < -0.3 is 23.7 Å². The Kier molecular flexibility index (Phi) is 26.1. The summed E-state index contributed by atoms with van der Waals surface area (Å²) in [5.74, 6) is 1.13. The van der Waals surface area contributed by atoms with Crippen molar-refractivity contribution in [2.75, 3.05) is 19.8 Å². The molecule has 0 radical (unpaired) electrons. The Morgan fingerprint density at radius 3 is 1.15 bits per heavy atom. The smallest absolute Gasteiger partial charge is 0.343 e. The fourth-order valence-corrected chi connectivity index (χ4v) is 7.74. The fraction of sp³-hybridized carbons (Fsp3) is 0.526. The van der Waals surface area contributed by atoms with Crippen LogP contribution in [0.25, 0.3) is 11.1 Å². The minimum absolute atomic E-state index is 0.288. The summed E-state index contributed by atoms with van der Waals surface area (Å²) in [7, 11) is 0. The van der Waals surface area contributed by atoms with E-state index in [1.54, 1.807) is 60.7 Å². The lowest BCUT2D eigenvalue weighted by Crippen LogP contribution is -2.12. The van der Waals surface area contributed by atoms with Crippen LogP contribution in [0.4, 0.5) is 0 Å². The Labute approximate surface area is 391 Å². The van der Waals surface area contributed by atoms with Crippen LogP contribution in [0, 0.1) is 11.3 Å². The maximum absolute atomic E-state index is 13.8. The molecule has 0 fully saturated rings. The van der Waals surface area contributed by atoms with Crippen LogP contribution in [0.5, 0.6) is 28.7 Å². The first-order valence-electron chi connectivity index (χ1n) is 25.2. The minimum Gasteiger partial charge on any atom is -0.490 e. The molecule has 0 aliphatic heterocycles. The zero-order valence-corrected chi connectivity index (χ0v) is 40.0. The van der Waals surface area contributed by atoms with Crippen molar-refractivity contribution in [1.29, 1.82) is 5.26 Å². The second kappa shape index (κ2) is 32.4. The minimum atomic E-state index is -0.564. The first kappa shape index (κ1) is 52.3. The molecule has 352 valence electrons. The number of carbonyl (C=O) groups is 2. The Morgan fingerprint density at radius 2 is 0.754 bits per heavy atom. The number of rotatable bonds is 35. The van der Waals surface area contributed by atoms with Crippen molar-refractivity contribution >= 4 is 11.9 Å². The van der Waals surface area contributed by atoms with E-state index in [-0.39, 0.29) is 5.75 Å². The van der Waals surface area contributed by atoms with Crippen LogP contribution < -0.4 is 23.7 Å². The zero-order valence-electron chi connectivity index (χ0n) is 40.0. The summed E-state index contributed by atoms with van der Waals surface area (Å²) in [6.45, 7) is 8.30. The van der Waals surface area contributed by atoms with E-state index in [0.717, 1.165) is 49.7 Å². The summed E-state index contributed by atoms with van der Waals surface area (Å²) in [4.78, 5) is 26.9. The molecule has 0 N–H and O–H groups in total. The maximum atomic E-state index is 13.8. The molecule has 4 aromatic carbocycles. The van der Waals surface area contributed by atoms with Crippen molar-refractivity contribution < 1.29 is 33.3 Å². The quantitative estimate of drug-likeness (QED) is 0.0256. The third-order valence-electron chi connectivity index (χ3n) is 11.7. The van der Waals surface area contributed by atoms with Gasteiger partial charge in [-0.15, -0.1) is 0 Å². The van der Waals surface area contributed by atoms with Gasteiger partial charge in [0.1, 0.15) is 11.5 Å². The number of carbonyl (C=O) groups excluding carboxylic acids is 2. The Bertz CT molecular complexity index is 1910. The third-order valence-corrected chi connectivity index (χ3v) is 11.7. The molecule has 0 unspecified atom stereocenters. The predicted octanol–water partition coefficient (Wildman–Crippen LogP) is 16.2. The molecular weight excluding hydrogens is 811 g/mol. The van der Waals surface area contributed by atoms with Crippen molar-refractivity contribution in [3.63, 3.8) is 0 Å². The van der Waals surface area contributed by atoms with Crippen molar-refractivity contribution in [2.24, 2.45) is 0 Å². The lowest BCUT2D eigenvalue weighted by Gasteiger charge is -2.19. The Balaban J connectivity index is 1.43. The van der Waals surface area contributed by atoms with Gasteiger partial charge in [0, 0.05) is 0 Å². The maximum Gasteiger partial charge on any atom is 0.343 e. The number of unbranched alkanes of at least 4 members (excludes halogenated alkanes) is 21. The third kappa shape index (κ3) is 20.6. The van der Waals surface area contributed by atoms with Crippen molar-refractivity contribution in [3.8, 4) is 45.9 Å². The van der Waals surface area contributed by atoms with Gasteiger partial charge in [-0.3, -0.25) is 0 Å². The summed E-state index contributed by atoms with van der Waals surface area (Å²) in [6, 6.07) is 26.4. The van der Waals surface area contributed by atoms with Gasteiger partial charge in [-0.05, 0) is 91.1 Å². The molecule has 0 aliphatic rings. The highest BCUT2D eigenvalue weighted by Crippen LogP contribution is 2.40. The molecule has 0 bridgehead atoms. The van der Waals surface area contributed by atoms with Gasteiger partial charge in [0.2, 0.25) is 5.75 Å². The fourth-order valence-electron chi connectivity index (χ4n) is 7.74. The molecule has 0 spiro atoms. The molecule has 4 rings (SSSR count). The van der Waals surface area contributed by atoms with E-state index in [2.05, 4.69) is 26.8 Å². The van der Waals surface area contributed by atoms with Gasteiger partial charge in [-0.1, -0.05) is 180 Å². The number of ether oxygens (including phenoxy) is 5. The van der Waals surface area contributed by atoms with E-state index in [9.17, 15) is 9.59 Å². The van der Waals surface area contributed by atoms with Crippen LogP contribution in [0.15, 0.2) is 84.9 Å². The normalized spacial score (nSPS) is 10.9. The molecule has 8 heteroatoms. The Morgan fingerprint density at radius 1 is 0.415 bits per heavy atom. The number of nitrogens with zero attached hydrogens (tertiary/aromatic N) is 1. The van der Waals surface area contributed by atoms with Crippen molar-refractivity contribution in [3.05, 3.63) is 102 Å². The highest BCUT2D eigenvalue weighted by molar-refractivity contribution is 5.93. The average Bonchev–Trinajstić information content (AvgIpc) is 3.33. The molecule has 0 heterocycles. The lowest BCUT2D eigenvalue weighted by atomic mass is 10.0. The molecule has 0 aliphatic carbocycles. The van der Waals surface area contributed by atoms with Gasteiger partial charge in [-0.25, -0.2) is 9.59 Å². The van der Waals surface area contributed by atoms with E-state index < -0.39 is 11.9 Å². The topological polar surface area (TPSA) is 104 Å². The monoisotopic (exact) mass is 888 g/mol. The first-order chi connectivity index (χ1) is 31.9. The summed E-state index contributed by atoms with van der Waals surface area (Å²) in [5, 5.41) is 9.09. The standard InChI is InChI=1S/C57H77NO7/c1-4-7-10-13-16-19-22-25-40-61-53-43-50(44-54(62-41-26-23-20-17-14-11-8-5-2)55(53)63-42-27-24-21-18-15-12-9-6-3)57(60)65-52-38-34-49(35-39-52)56(59)64-51-36-32-48(33-37-51)47-30-28-46(45-58)29-31-47/h28-39,43-44H,4-27,40-42H2,1-3H3. The lowest BCUT2D eigenvalue weighted by molar-refractivity contribution is 0.0729. The Hall–Kier alpha value is -5.29. The number of nitriles is 1. The largest absolute Gasteiger partial charge is 0.490 e. The summed E-state index contributed by atoms with van der Waals surface area (Å²) in [5.41, 5.74) is 3.10. The molecule has 0 saturated heterocycles. The van der Waals surface area contributed by atoms with Crippen LogP contribution in [0.1, 0.15) is 201 Å². The summed E-state index contributed by atoms with van der Waals surface area (Å²) >= 11 is 0. The number of hydrogen-bond donors (Lipinski definition) is 0. The van der Waals surface area contributed by atoms with Crippen LogP contribution >= 0.6 is 0 Å². The number of benzene rings is 4.